The van der Waals surface area contributed by atoms with Gasteiger partial charge in [0.15, 0.2) is 0 Å². The summed E-state index contributed by atoms with van der Waals surface area (Å²) in [6.45, 7) is 0. The van der Waals surface area contributed by atoms with Crippen molar-refractivity contribution >= 4 is 23.8 Å². The minimum Gasteiger partial charge on any atom is -0.351 e. The Bertz CT molecular complexity index is 589. The van der Waals surface area contributed by atoms with E-state index in [4.69, 9.17) is 12.2 Å². The minimum absolute atomic E-state index is 0.271. The number of rotatable bonds is 2. The lowest BCUT2D eigenvalue weighted by molar-refractivity contribution is 0.102. The van der Waals surface area contributed by atoms with Crippen molar-refractivity contribution in [2.75, 3.05) is 5.32 Å². The Balaban J connectivity index is 2.17. The zero-order valence-electron chi connectivity index (χ0n) is 8.74. The largest absolute Gasteiger partial charge is 0.351 e. The summed E-state index contributed by atoms with van der Waals surface area (Å²) in [5, 5.41) is 2.63. The summed E-state index contributed by atoms with van der Waals surface area (Å²) in [4.78, 5) is 14.5. The first-order valence-electron chi connectivity index (χ1n) is 4.91. The molecular formula is C12H9FN2OS. The lowest BCUT2D eigenvalue weighted by Crippen LogP contribution is -2.12. The van der Waals surface area contributed by atoms with Gasteiger partial charge in [-0.3, -0.25) is 4.79 Å². The van der Waals surface area contributed by atoms with Crippen molar-refractivity contribution in [3.05, 3.63) is 58.6 Å². The van der Waals surface area contributed by atoms with E-state index in [1.807, 2.05) is 0 Å². The molecule has 2 rings (SSSR count). The summed E-state index contributed by atoms with van der Waals surface area (Å²) in [7, 11) is 0. The number of carbonyl (C=O) groups excluding carboxylic acids is 1. The second-order valence-electron chi connectivity index (χ2n) is 3.41. The molecule has 5 heteroatoms. The van der Waals surface area contributed by atoms with Crippen molar-refractivity contribution in [3.63, 3.8) is 0 Å². The van der Waals surface area contributed by atoms with Crippen LogP contribution in [-0.2, 0) is 0 Å². The number of pyridine rings is 1. The molecule has 17 heavy (non-hydrogen) atoms. The van der Waals surface area contributed by atoms with Gasteiger partial charge in [-0.25, -0.2) is 4.39 Å². The second-order valence-corrected chi connectivity index (χ2v) is 3.85. The second kappa shape index (κ2) is 4.88. The molecule has 0 aliphatic carbocycles. The van der Waals surface area contributed by atoms with Crippen LogP contribution in [0.1, 0.15) is 10.4 Å². The fraction of sp³-hybridized carbons (Fsp3) is 0. The van der Waals surface area contributed by atoms with E-state index in [-0.39, 0.29) is 11.5 Å². The summed E-state index contributed by atoms with van der Waals surface area (Å²) < 4.78 is 13.5. The molecule has 3 nitrogen and oxygen atoms in total. The quantitative estimate of drug-likeness (QED) is 0.802. The average Bonchev–Trinajstić information content (AvgIpc) is 2.32. The van der Waals surface area contributed by atoms with Crippen LogP contribution in [0.5, 0.6) is 0 Å². The van der Waals surface area contributed by atoms with E-state index in [0.717, 1.165) is 0 Å². The highest BCUT2D eigenvalue weighted by atomic mass is 32.1. The van der Waals surface area contributed by atoms with Gasteiger partial charge in [-0.1, -0.05) is 18.3 Å². The molecule has 86 valence electrons. The molecule has 1 aromatic carbocycles. The van der Waals surface area contributed by atoms with Gasteiger partial charge in [0.2, 0.25) is 0 Å². The third-order valence-corrected chi connectivity index (χ3v) is 2.38. The van der Waals surface area contributed by atoms with Crippen LogP contribution in [0, 0.1) is 10.5 Å². The molecule has 0 radical (unpaired) electrons. The number of benzene rings is 1. The van der Waals surface area contributed by atoms with Crippen LogP contribution in [0.4, 0.5) is 10.1 Å². The number of carbonyl (C=O) groups is 1. The van der Waals surface area contributed by atoms with Gasteiger partial charge < -0.3 is 10.3 Å². The fourth-order valence-electron chi connectivity index (χ4n) is 1.32. The number of hydrogen-bond donors (Lipinski definition) is 2. The molecule has 0 aliphatic rings. The third kappa shape index (κ3) is 2.98. The third-order valence-electron chi connectivity index (χ3n) is 2.13. The van der Waals surface area contributed by atoms with Gasteiger partial charge in [0.1, 0.15) is 10.5 Å². The smallest absolute Gasteiger partial charge is 0.255 e. The Morgan fingerprint density at radius 2 is 2.12 bits per heavy atom. The van der Waals surface area contributed by atoms with E-state index >= 15 is 0 Å². The molecule has 0 unspecified atom stereocenters. The Kier molecular flexibility index (Phi) is 3.30. The summed E-state index contributed by atoms with van der Waals surface area (Å²) in [6, 6.07) is 8.84. The number of aromatic nitrogens is 1. The highest BCUT2D eigenvalue weighted by Crippen LogP contribution is 2.09. The molecule has 2 aromatic rings. The zero-order chi connectivity index (χ0) is 12.3. The first-order valence-corrected chi connectivity index (χ1v) is 5.31. The first-order chi connectivity index (χ1) is 8.15. The van der Waals surface area contributed by atoms with Gasteiger partial charge in [0.25, 0.3) is 5.91 Å². The number of hydrogen-bond acceptors (Lipinski definition) is 2. The van der Waals surface area contributed by atoms with E-state index in [1.165, 1.54) is 18.2 Å². The van der Waals surface area contributed by atoms with Crippen LogP contribution >= 0.6 is 12.2 Å². The molecule has 0 atom stereocenters. The standard InChI is InChI=1S/C12H9FN2OS/c13-9-3-1-2-8(6-9)12(16)15-10-4-5-11(17)14-7-10/h1-7H,(H,14,17)(H,15,16). The van der Waals surface area contributed by atoms with Crippen molar-refractivity contribution in [2.24, 2.45) is 0 Å². The maximum Gasteiger partial charge on any atom is 0.255 e. The summed E-state index contributed by atoms with van der Waals surface area (Å²) >= 11 is 4.88. The number of aromatic amines is 1. The number of anilines is 1. The fourth-order valence-corrected chi connectivity index (χ4v) is 1.45. The van der Waals surface area contributed by atoms with Gasteiger partial charge in [-0.05, 0) is 30.3 Å². The Labute approximate surface area is 102 Å². The van der Waals surface area contributed by atoms with Gasteiger partial charge in [-0.2, -0.15) is 0 Å². The molecule has 2 N–H and O–H groups in total. The monoisotopic (exact) mass is 248 g/mol. The SMILES string of the molecule is O=C(Nc1ccc(=S)[nH]c1)c1cccc(F)c1. The summed E-state index contributed by atoms with van der Waals surface area (Å²) in [5.74, 6) is -0.805. The van der Waals surface area contributed by atoms with Crippen molar-refractivity contribution in [1.82, 2.24) is 4.98 Å². The lowest BCUT2D eigenvalue weighted by Gasteiger charge is -2.04. The normalized spacial score (nSPS) is 9.94. The zero-order valence-corrected chi connectivity index (χ0v) is 9.55. The average molecular weight is 248 g/mol. The maximum absolute atomic E-state index is 12.9. The number of halogens is 1. The number of nitrogens with one attached hydrogen (secondary N) is 2. The highest BCUT2D eigenvalue weighted by Gasteiger charge is 2.06. The molecule has 0 saturated heterocycles. The van der Waals surface area contributed by atoms with E-state index in [2.05, 4.69) is 10.3 Å². The Morgan fingerprint density at radius 1 is 1.29 bits per heavy atom. The van der Waals surface area contributed by atoms with Crippen LogP contribution in [0.2, 0.25) is 0 Å². The van der Waals surface area contributed by atoms with Crippen LogP contribution in [0.15, 0.2) is 42.6 Å². The van der Waals surface area contributed by atoms with E-state index in [0.29, 0.717) is 10.3 Å². The highest BCUT2D eigenvalue weighted by molar-refractivity contribution is 7.71. The minimum atomic E-state index is -0.440. The molecule has 0 saturated carbocycles. The number of H-pyrrole nitrogens is 1. The van der Waals surface area contributed by atoms with Crippen molar-refractivity contribution < 1.29 is 9.18 Å². The summed E-state index contributed by atoms with van der Waals surface area (Å²) in [5.41, 5.74) is 0.848. The van der Waals surface area contributed by atoms with Crippen LogP contribution in [-0.4, -0.2) is 10.9 Å². The van der Waals surface area contributed by atoms with E-state index in [1.54, 1.807) is 24.4 Å². The lowest BCUT2D eigenvalue weighted by atomic mass is 10.2. The van der Waals surface area contributed by atoms with Gasteiger partial charge in [-0.15, -0.1) is 0 Å². The molecular weight excluding hydrogens is 239 g/mol. The topological polar surface area (TPSA) is 44.9 Å². The molecule has 1 amide bonds. The van der Waals surface area contributed by atoms with Crippen molar-refractivity contribution in [3.8, 4) is 0 Å². The molecule has 0 fully saturated rings. The maximum atomic E-state index is 12.9. The van der Waals surface area contributed by atoms with Crippen LogP contribution in [0.25, 0.3) is 0 Å². The van der Waals surface area contributed by atoms with E-state index < -0.39 is 5.82 Å². The Morgan fingerprint density at radius 3 is 2.76 bits per heavy atom. The molecule has 1 heterocycles. The van der Waals surface area contributed by atoms with Crippen LogP contribution in [0.3, 0.4) is 0 Å². The Hall–Kier alpha value is -2.01. The molecule has 1 aromatic heterocycles. The summed E-state index contributed by atoms with van der Waals surface area (Å²) in [6.07, 6.45) is 1.58. The van der Waals surface area contributed by atoms with E-state index in [9.17, 15) is 9.18 Å². The van der Waals surface area contributed by atoms with Crippen molar-refractivity contribution in [2.45, 2.75) is 0 Å². The van der Waals surface area contributed by atoms with Crippen LogP contribution < -0.4 is 5.32 Å². The molecule has 0 aliphatic heterocycles. The van der Waals surface area contributed by atoms with Gasteiger partial charge in [0, 0.05) is 11.8 Å². The molecule has 0 spiro atoms. The number of amides is 1. The van der Waals surface area contributed by atoms with Gasteiger partial charge >= 0.3 is 0 Å². The molecule has 0 bridgehead atoms. The predicted molar refractivity (Wildman–Crippen MR) is 66.0 cm³/mol. The van der Waals surface area contributed by atoms with Gasteiger partial charge in [0.05, 0.1) is 5.69 Å². The first kappa shape index (κ1) is 11.5. The van der Waals surface area contributed by atoms with Crippen molar-refractivity contribution in [1.29, 1.82) is 0 Å². The predicted octanol–water partition coefficient (Wildman–Crippen LogP) is 3.14.